The molecular formula is C14H22ClNO. The van der Waals surface area contributed by atoms with E-state index in [0.717, 1.165) is 35.6 Å². The van der Waals surface area contributed by atoms with E-state index in [1.807, 2.05) is 18.2 Å². The Morgan fingerprint density at radius 2 is 2.00 bits per heavy atom. The van der Waals surface area contributed by atoms with Gasteiger partial charge in [-0.05, 0) is 49.9 Å². The molecule has 17 heavy (non-hydrogen) atoms. The van der Waals surface area contributed by atoms with Gasteiger partial charge in [0.25, 0.3) is 0 Å². The molecule has 1 rings (SSSR count). The maximum Gasteiger partial charge on any atom is 0.123 e. The molecular weight excluding hydrogens is 234 g/mol. The maximum absolute atomic E-state index is 6.02. The molecule has 2 unspecified atom stereocenters. The first kappa shape index (κ1) is 14.3. The van der Waals surface area contributed by atoms with Crippen LogP contribution < -0.4 is 10.5 Å². The summed E-state index contributed by atoms with van der Waals surface area (Å²) in [6.45, 7) is 6.26. The molecule has 0 radical (unpaired) electrons. The highest BCUT2D eigenvalue weighted by molar-refractivity contribution is 6.30. The van der Waals surface area contributed by atoms with E-state index in [1.165, 1.54) is 0 Å². The first-order chi connectivity index (χ1) is 8.06. The summed E-state index contributed by atoms with van der Waals surface area (Å²) in [6.07, 6.45) is 2.97. The van der Waals surface area contributed by atoms with Crippen molar-refractivity contribution >= 4 is 11.6 Å². The molecule has 96 valence electrons. The summed E-state index contributed by atoms with van der Waals surface area (Å²) in [4.78, 5) is 0. The van der Waals surface area contributed by atoms with E-state index < -0.39 is 0 Å². The van der Waals surface area contributed by atoms with E-state index in [4.69, 9.17) is 22.1 Å². The van der Waals surface area contributed by atoms with Crippen molar-refractivity contribution in [1.82, 2.24) is 0 Å². The molecule has 2 N–H and O–H groups in total. The topological polar surface area (TPSA) is 35.2 Å². The third-order valence-corrected chi connectivity index (χ3v) is 3.17. The van der Waals surface area contributed by atoms with Crippen LogP contribution in [-0.4, -0.2) is 12.1 Å². The lowest BCUT2D eigenvalue weighted by molar-refractivity contribution is 0.215. The molecule has 0 bridgehead atoms. The number of rotatable bonds is 6. The van der Waals surface area contributed by atoms with Crippen LogP contribution in [0.1, 0.15) is 39.2 Å². The monoisotopic (exact) mass is 255 g/mol. The van der Waals surface area contributed by atoms with Crippen molar-refractivity contribution in [3.8, 4) is 5.75 Å². The average Bonchev–Trinajstić information content (AvgIpc) is 2.32. The normalized spacial score (nSPS) is 14.4. The summed E-state index contributed by atoms with van der Waals surface area (Å²) in [7, 11) is 0. The van der Waals surface area contributed by atoms with Gasteiger partial charge in [0, 0.05) is 11.1 Å². The van der Waals surface area contributed by atoms with Crippen LogP contribution in [0.15, 0.2) is 18.2 Å². The summed E-state index contributed by atoms with van der Waals surface area (Å²) in [6, 6.07) is 5.91. The van der Waals surface area contributed by atoms with E-state index in [2.05, 4.69) is 20.8 Å². The minimum atomic E-state index is 0.160. The van der Waals surface area contributed by atoms with Gasteiger partial charge in [-0.15, -0.1) is 0 Å². The van der Waals surface area contributed by atoms with Gasteiger partial charge in [-0.2, -0.15) is 0 Å². The van der Waals surface area contributed by atoms with Crippen LogP contribution in [0.4, 0.5) is 0 Å². The van der Waals surface area contributed by atoms with Gasteiger partial charge in [0.1, 0.15) is 5.75 Å². The summed E-state index contributed by atoms with van der Waals surface area (Å²) in [5, 5.41) is 0.736. The molecule has 2 atom stereocenters. The SMILES string of the molecule is CCC(N)Cc1cc(Cl)ccc1OC(C)CC. The fraction of sp³-hybridized carbons (Fsp3) is 0.571. The highest BCUT2D eigenvalue weighted by Gasteiger charge is 2.10. The van der Waals surface area contributed by atoms with E-state index in [1.54, 1.807) is 0 Å². The maximum atomic E-state index is 6.02. The number of halogens is 1. The summed E-state index contributed by atoms with van der Waals surface area (Å²) in [5.74, 6) is 0.910. The molecule has 0 aliphatic carbocycles. The van der Waals surface area contributed by atoms with Gasteiger partial charge in [0.2, 0.25) is 0 Å². The van der Waals surface area contributed by atoms with Gasteiger partial charge < -0.3 is 10.5 Å². The lowest BCUT2D eigenvalue weighted by atomic mass is 10.0. The van der Waals surface area contributed by atoms with Crippen molar-refractivity contribution in [3.05, 3.63) is 28.8 Å². The number of hydrogen-bond acceptors (Lipinski definition) is 2. The van der Waals surface area contributed by atoms with Gasteiger partial charge in [-0.3, -0.25) is 0 Å². The zero-order valence-electron chi connectivity index (χ0n) is 10.9. The second-order valence-electron chi connectivity index (χ2n) is 4.46. The Morgan fingerprint density at radius 3 is 2.59 bits per heavy atom. The smallest absolute Gasteiger partial charge is 0.123 e. The van der Waals surface area contributed by atoms with Crippen LogP contribution in [0.5, 0.6) is 5.75 Å². The Kier molecular flexibility index (Phi) is 5.79. The van der Waals surface area contributed by atoms with Gasteiger partial charge in [0.05, 0.1) is 6.10 Å². The van der Waals surface area contributed by atoms with E-state index >= 15 is 0 Å². The minimum absolute atomic E-state index is 0.160. The van der Waals surface area contributed by atoms with E-state index in [-0.39, 0.29) is 12.1 Å². The van der Waals surface area contributed by atoms with Crippen LogP contribution in [0.3, 0.4) is 0 Å². The Bertz CT molecular complexity index is 354. The molecule has 0 heterocycles. The van der Waals surface area contributed by atoms with Gasteiger partial charge in [-0.1, -0.05) is 25.4 Å². The highest BCUT2D eigenvalue weighted by atomic mass is 35.5. The molecule has 0 amide bonds. The molecule has 0 fully saturated rings. The largest absolute Gasteiger partial charge is 0.490 e. The van der Waals surface area contributed by atoms with E-state index in [9.17, 15) is 0 Å². The molecule has 0 aliphatic rings. The molecule has 0 aliphatic heterocycles. The first-order valence-electron chi connectivity index (χ1n) is 6.27. The first-order valence-corrected chi connectivity index (χ1v) is 6.65. The van der Waals surface area contributed by atoms with Crippen LogP contribution in [0.2, 0.25) is 5.02 Å². The molecule has 2 nitrogen and oxygen atoms in total. The lowest BCUT2D eigenvalue weighted by Crippen LogP contribution is -2.22. The fourth-order valence-electron chi connectivity index (χ4n) is 1.55. The quantitative estimate of drug-likeness (QED) is 0.839. The van der Waals surface area contributed by atoms with Crippen molar-refractivity contribution in [2.45, 2.75) is 52.2 Å². The molecule has 3 heteroatoms. The van der Waals surface area contributed by atoms with E-state index in [0.29, 0.717) is 0 Å². The number of ether oxygens (including phenoxy) is 1. The van der Waals surface area contributed by atoms with Crippen LogP contribution in [0, 0.1) is 0 Å². The zero-order chi connectivity index (χ0) is 12.8. The summed E-state index contributed by atoms with van der Waals surface area (Å²) >= 11 is 6.02. The Balaban J connectivity index is 2.87. The van der Waals surface area contributed by atoms with Crippen LogP contribution >= 0.6 is 11.6 Å². The predicted octanol–water partition coefficient (Wildman–Crippen LogP) is 3.80. The van der Waals surface area contributed by atoms with Gasteiger partial charge in [0.15, 0.2) is 0 Å². The second kappa shape index (κ2) is 6.87. The molecule has 0 saturated carbocycles. The fourth-order valence-corrected chi connectivity index (χ4v) is 1.74. The predicted molar refractivity (Wildman–Crippen MR) is 73.8 cm³/mol. The third-order valence-electron chi connectivity index (χ3n) is 2.93. The number of benzene rings is 1. The molecule has 0 spiro atoms. The minimum Gasteiger partial charge on any atom is -0.490 e. The van der Waals surface area contributed by atoms with Crippen molar-refractivity contribution < 1.29 is 4.74 Å². The van der Waals surface area contributed by atoms with Crippen LogP contribution in [-0.2, 0) is 6.42 Å². The molecule has 0 aromatic heterocycles. The van der Waals surface area contributed by atoms with Crippen molar-refractivity contribution in [2.75, 3.05) is 0 Å². The summed E-state index contributed by atoms with van der Waals surface area (Å²) in [5.41, 5.74) is 7.09. The third kappa shape index (κ3) is 4.57. The Morgan fingerprint density at radius 1 is 1.29 bits per heavy atom. The molecule has 1 aromatic carbocycles. The zero-order valence-corrected chi connectivity index (χ0v) is 11.6. The van der Waals surface area contributed by atoms with Crippen LogP contribution in [0.25, 0.3) is 0 Å². The summed E-state index contributed by atoms with van der Waals surface area (Å²) < 4.78 is 5.88. The van der Waals surface area contributed by atoms with Gasteiger partial charge >= 0.3 is 0 Å². The lowest BCUT2D eigenvalue weighted by Gasteiger charge is -2.18. The van der Waals surface area contributed by atoms with Crippen molar-refractivity contribution in [1.29, 1.82) is 0 Å². The second-order valence-corrected chi connectivity index (χ2v) is 4.90. The average molecular weight is 256 g/mol. The number of hydrogen-bond donors (Lipinski definition) is 1. The highest BCUT2D eigenvalue weighted by Crippen LogP contribution is 2.25. The standard InChI is InChI=1S/C14H22ClNO/c1-4-10(3)17-14-7-6-12(15)8-11(14)9-13(16)5-2/h6-8,10,13H,4-5,9,16H2,1-3H3. The molecule has 1 aromatic rings. The van der Waals surface area contributed by atoms with Crippen molar-refractivity contribution in [3.63, 3.8) is 0 Å². The van der Waals surface area contributed by atoms with Crippen molar-refractivity contribution in [2.24, 2.45) is 5.73 Å². The number of nitrogens with two attached hydrogens (primary N) is 1. The Labute approximate surface area is 109 Å². The molecule has 0 saturated heterocycles. The Hall–Kier alpha value is -0.730. The van der Waals surface area contributed by atoms with Gasteiger partial charge in [-0.25, -0.2) is 0 Å².